The van der Waals surface area contributed by atoms with Crippen LogP contribution in [0.5, 0.6) is 0 Å². The molecule has 4 aromatic heterocycles. The van der Waals surface area contributed by atoms with Gasteiger partial charge >= 0.3 is 0 Å². The third-order valence-corrected chi connectivity index (χ3v) is 6.38. The number of pyridine rings is 3. The van der Waals surface area contributed by atoms with E-state index in [-0.39, 0.29) is 5.78 Å². The van der Waals surface area contributed by atoms with Crippen LogP contribution in [0.25, 0.3) is 21.9 Å². The number of hydrogen-bond acceptors (Lipinski definition) is 5. The number of ketones is 1. The van der Waals surface area contributed by atoms with Crippen molar-refractivity contribution in [3.8, 4) is 0 Å². The minimum atomic E-state index is 0.0626. The van der Waals surface area contributed by atoms with Crippen molar-refractivity contribution in [2.75, 3.05) is 5.73 Å². The molecule has 7 heteroatoms. The quantitative estimate of drug-likeness (QED) is 0.322. The van der Waals surface area contributed by atoms with Gasteiger partial charge in [0.15, 0.2) is 5.78 Å². The van der Waals surface area contributed by atoms with Crippen molar-refractivity contribution >= 4 is 45.1 Å². The molecule has 5 rings (SSSR count). The average Bonchev–Trinajstić information content (AvgIpc) is 3.16. The second-order valence-electron chi connectivity index (χ2n) is 8.57. The van der Waals surface area contributed by atoms with E-state index in [0.717, 1.165) is 44.3 Å². The molecule has 5 aromatic rings. The van der Waals surface area contributed by atoms with Crippen LogP contribution in [0.4, 0.5) is 5.82 Å². The summed E-state index contributed by atoms with van der Waals surface area (Å²) in [5.41, 5.74) is 13.1. The number of nitrogens with two attached hydrogens (primary N) is 1. The van der Waals surface area contributed by atoms with Gasteiger partial charge in [0.1, 0.15) is 5.82 Å². The molecule has 6 nitrogen and oxygen atoms in total. The first-order valence-corrected chi connectivity index (χ1v) is 11.5. The fourth-order valence-corrected chi connectivity index (χ4v) is 4.71. The second kappa shape index (κ2) is 8.88. The van der Waals surface area contributed by atoms with Crippen LogP contribution in [0.15, 0.2) is 61.1 Å². The first-order valence-electron chi connectivity index (χ1n) is 11.1. The highest BCUT2D eigenvalue weighted by molar-refractivity contribution is 6.31. The summed E-state index contributed by atoms with van der Waals surface area (Å²) in [6.45, 7) is 4.55. The smallest absolute Gasteiger partial charge is 0.166 e. The van der Waals surface area contributed by atoms with E-state index in [1.165, 1.54) is 0 Å². The van der Waals surface area contributed by atoms with Crippen LogP contribution in [0.1, 0.15) is 39.2 Å². The SMILES string of the molecule is Cc1cc(N)nc(C)c1CCC(=O)c1cn(Cc2ccc3ncc(Cl)cc3c2)c2cccnc12. The number of benzene rings is 1. The number of nitrogen functional groups attached to an aromatic ring is 1. The van der Waals surface area contributed by atoms with Gasteiger partial charge < -0.3 is 10.3 Å². The molecule has 2 N–H and O–H groups in total. The number of carbonyl (C=O) groups excluding carboxylic acids is 1. The monoisotopic (exact) mass is 469 g/mol. The zero-order valence-electron chi connectivity index (χ0n) is 19.0. The van der Waals surface area contributed by atoms with Crippen molar-refractivity contribution in [1.82, 2.24) is 19.5 Å². The Labute approximate surface area is 202 Å². The summed E-state index contributed by atoms with van der Waals surface area (Å²) in [5, 5.41) is 1.59. The Morgan fingerprint density at radius 2 is 1.97 bits per heavy atom. The normalized spacial score (nSPS) is 11.4. The van der Waals surface area contributed by atoms with Gasteiger partial charge in [-0.3, -0.25) is 14.8 Å². The van der Waals surface area contributed by atoms with E-state index < -0.39 is 0 Å². The molecule has 0 radical (unpaired) electrons. The van der Waals surface area contributed by atoms with Crippen molar-refractivity contribution in [2.45, 2.75) is 33.2 Å². The van der Waals surface area contributed by atoms with Gasteiger partial charge in [-0.05, 0) is 73.4 Å². The third kappa shape index (κ3) is 4.24. The maximum Gasteiger partial charge on any atom is 0.166 e. The molecule has 170 valence electrons. The molecule has 1 aromatic carbocycles. The Hall–Kier alpha value is -3.77. The molecule has 0 atom stereocenters. The highest BCUT2D eigenvalue weighted by atomic mass is 35.5. The number of carbonyl (C=O) groups is 1. The number of Topliss-reactive ketones (excluding diaryl/α,β-unsaturated/α-hetero) is 1. The minimum absolute atomic E-state index is 0.0626. The maximum atomic E-state index is 13.3. The van der Waals surface area contributed by atoms with E-state index in [1.54, 1.807) is 12.4 Å². The molecule has 0 amide bonds. The lowest BCUT2D eigenvalue weighted by Crippen LogP contribution is -2.06. The van der Waals surface area contributed by atoms with Gasteiger partial charge in [-0.15, -0.1) is 0 Å². The van der Waals surface area contributed by atoms with Crippen LogP contribution in [0.2, 0.25) is 5.02 Å². The van der Waals surface area contributed by atoms with Crippen molar-refractivity contribution in [3.63, 3.8) is 0 Å². The van der Waals surface area contributed by atoms with Gasteiger partial charge in [0, 0.05) is 42.6 Å². The molecular weight excluding hydrogens is 446 g/mol. The Bertz CT molecular complexity index is 1530. The Kier molecular flexibility index (Phi) is 5.75. The molecule has 0 aliphatic heterocycles. The van der Waals surface area contributed by atoms with Gasteiger partial charge in [0.2, 0.25) is 0 Å². The van der Waals surface area contributed by atoms with E-state index in [2.05, 4.69) is 25.6 Å². The first kappa shape index (κ1) is 22.0. The average molecular weight is 470 g/mol. The number of aromatic nitrogens is 4. The summed E-state index contributed by atoms with van der Waals surface area (Å²) in [5.74, 6) is 0.566. The van der Waals surface area contributed by atoms with Crippen LogP contribution in [-0.2, 0) is 13.0 Å². The lowest BCUT2D eigenvalue weighted by atomic mass is 9.99. The number of halogens is 1. The van der Waals surface area contributed by atoms with Gasteiger partial charge in [-0.1, -0.05) is 17.7 Å². The van der Waals surface area contributed by atoms with E-state index in [9.17, 15) is 4.79 Å². The molecule has 0 aliphatic carbocycles. The zero-order chi connectivity index (χ0) is 23.8. The summed E-state index contributed by atoms with van der Waals surface area (Å²) in [4.78, 5) is 26.5. The standard InChI is InChI=1S/C27H24ClN5O/c1-16-10-26(29)32-17(2)21(16)6-8-25(34)22-15-33(24-4-3-9-30-27(22)24)14-18-5-7-23-19(11-18)12-20(28)13-31-23/h3-5,7,9-13,15H,6,8,14H2,1-2H3,(H2,29,32). The lowest BCUT2D eigenvalue weighted by Gasteiger charge is -2.09. The molecule has 34 heavy (non-hydrogen) atoms. The van der Waals surface area contributed by atoms with Gasteiger partial charge in [0.05, 0.1) is 27.1 Å². The fourth-order valence-electron chi connectivity index (χ4n) is 4.55. The van der Waals surface area contributed by atoms with Crippen molar-refractivity contribution in [1.29, 1.82) is 0 Å². The third-order valence-electron chi connectivity index (χ3n) is 6.18. The van der Waals surface area contributed by atoms with Crippen molar-refractivity contribution < 1.29 is 4.79 Å². The van der Waals surface area contributed by atoms with Crippen LogP contribution >= 0.6 is 11.6 Å². The summed E-state index contributed by atoms with van der Waals surface area (Å²) < 4.78 is 2.08. The number of aryl methyl sites for hydroxylation is 2. The summed E-state index contributed by atoms with van der Waals surface area (Å²) >= 11 is 6.13. The predicted octanol–water partition coefficient (Wildman–Crippen LogP) is 5.70. The number of anilines is 1. The van der Waals surface area contributed by atoms with Gasteiger partial charge in [0.25, 0.3) is 0 Å². The molecule has 0 bridgehead atoms. The molecular formula is C27H24ClN5O. The zero-order valence-corrected chi connectivity index (χ0v) is 19.8. The number of rotatable bonds is 6. The van der Waals surface area contributed by atoms with Crippen LogP contribution in [0.3, 0.4) is 0 Å². The molecule has 0 aliphatic rings. The number of nitrogens with zero attached hydrogens (tertiary/aromatic N) is 4. The van der Waals surface area contributed by atoms with E-state index in [0.29, 0.717) is 35.8 Å². The predicted molar refractivity (Wildman–Crippen MR) is 136 cm³/mol. The molecule has 4 heterocycles. The van der Waals surface area contributed by atoms with Crippen LogP contribution < -0.4 is 5.73 Å². The van der Waals surface area contributed by atoms with E-state index >= 15 is 0 Å². The maximum absolute atomic E-state index is 13.3. The van der Waals surface area contributed by atoms with Crippen LogP contribution in [-0.4, -0.2) is 25.3 Å². The summed E-state index contributed by atoms with van der Waals surface area (Å²) in [6, 6.07) is 13.8. The molecule has 0 saturated carbocycles. The molecule has 0 saturated heterocycles. The van der Waals surface area contributed by atoms with E-state index in [1.807, 2.05) is 56.4 Å². The largest absolute Gasteiger partial charge is 0.384 e. The lowest BCUT2D eigenvalue weighted by molar-refractivity contribution is 0.0984. The van der Waals surface area contributed by atoms with Gasteiger partial charge in [-0.2, -0.15) is 0 Å². The summed E-state index contributed by atoms with van der Waals surface area (Å²) in [6.07, 6.45) is 6.29. The Balaban J connectivity index is 1.44. The molecule has 0 fully saturated rings. The topological polar surface area (TPSA) is 86.7 Å². The van der Waals surface area contributed by atoms with Crippen molar-refractivity contribution in [3.05, 3.63) is 94.0 Å². The Morgan fingerprint density at radius 3 is 2.79 bits per heavy atom. The molecule has 0 spiro atoms. The van der Waals surface area contributed by atoms with E-state index in [4.69, 9.17) is 17.3 Å². The van der Waals surface area contributed by atoms with Gasteiger partial charge in [-0.25, -0.2) is 4.98 Å². The fraction of sp³-hybridized carbons (Fsp3) is 0.185. The second-order valence-corrected chi connectivity index (χ2v) is 9.01. The first-order chi connectivity index (χ1) is 16.4. The van der Waals surface area contributed by atoms with Crippen molar-refractivity contribution in [2.24, 2.45) is 0 Å². The minimum Gasteiger partial charge on any atom is -0.384 e. The van der Waals surface area contributed by atoms with Crippen LogP contribution in [0, 0.1) is 13.8 Å². The summed E-state index contributed by atoms with van der Waals surface area (Å²) in [7, 11) is 0. The Morgan fingerprint density at radius 1 is 1.12 bits per heavy atom. The highest BCUT2D eigenvalue weighted by Gasteiger charge is 2.17. The molecule has 0 unspecified atom stereocenters. The number of hydrogen-bond donors (Lipinski definition) is 1. The number of fused-ring (bicyclic) bond motifs is 2. The highest BCUT2D eigenvalue weighted by Crippen LogP contribution is 2.25.